The number of halogens is 1. The number of aliphatic carboxylic acids is 1. The van der Waals surface area contributed by atoms with E-state index >= 15 is 0 Å². The quantitative estimate of drug-likeness (QED) is 0.838. The van der Waals surface area contributed by atoms with Crippen LogP contribution in [0.2, 0.25) is 0 Å². The number of carboxylic acids is 1. The van der Waals surface area contributed by atoms with Gasteiger partial charge in [0.15, 0.2) is 0 Å². The van der Waals surface area contributed by atoms with Crippen LogP contribution in [0.4, 0.5) is 0 Å². The first kappa shape index (κ1) is 11.6. The first-order valence-corrected chi connectivity index (χ1v) is 4.97. The van der Waals surface area contributed by atoms with Gasteiger partial charge in [0.1, 0.15) is 12.2 Å². The van der Waals surface area contributed by atoms with E-state index in [1.54, 1.807) is 19.2 Å². The van der Waals surface area contributed by atoms with Gasteiger partial charge < -0.3 is 9.84 Å². The molecule has 0 bridgehead atoms. The van der Waals surface area contributed by atoms with Crippen molar-refractivity contribution >= 4 is 21.9 Å². The van der Waals surface area contributed by atoms with Crippen molar-refractivity contribution in [3.63, 3.8) is 0 Å². The fourth-order valence-corrected chi connectivity index (χ4v) is 1.32. The summed E-state index contributed by atoms with van der Waals surface area (Å²) in [6.45, 7) is 0. The van der Waals surface area contributed by atoms with Gasteiger partial charge in [-0.3, -0.25) is 4.79 Å². The third kappa shape index (κ3) is 3.64. The SMILES string of the molecule is COc1cc(Br)ccc1C#CCC(=O)O. The molecule has 0 spiro atoms. The second-order valence-corrected chi connectivity index (χ2v) is 3.63. The average Bonchev–Trinajstić information content (AvgIpc) is 2.19. The number of carbonyl (C=O) groups is 1. The monoisotopic (exact) mass is 268 g/mol. The van der Waals surface area contributed by atoms with Crippen LogP contribution in [0.15, 0.2) is 22.7 Å². The molecular weight excluding hydrogens is 260 g/mol. The molecule has 0 aromatic heterocycles. The van der Waals surface area contributed by atoms with Crippen molar-refractivity contribution in [1.82, 2.24) is 0 Å². The second-order valence-electron chi connectivity index (χ2n) is 2.72. The minimum absolute atomic E-state index is 0.167. The zero-order chi connectivity index (χ0) is 11.3. The normalized spacial score (nSPS) is 8.93. The number of hydrogen-bond acceptors (Lipinski definition) is 2. The van der Waals surface area contributed by atoms with Crippen molar-refractivity contribution in [2.45, 2.75) is 6.42 Å². The number of hydrogen-bond donors (Lipinski definition) is 1. The van der Waals surface area contributed by atoms with Crippen molar-refractivity contribution in [1.29, 1.82) is 0 Å². The molecule has 0 aliphatic carbocycles. The van der Waals surface area contributed by atoms with Crippen LogP contribution >= 0.6 is 15.9 Å². The number of ether oxygens (including phenoxy) is 1. The molecule has 1 rings (SSSR count). The third-order valence-corrected chi connectivity index (χ3v) is 2.12. The molecular formula is C11H9BrO3. The van der Waals surface area contributed by atoms with Crippen molar-refractivity contribution in [2.24, 2.45) is 0 Å². The van der Waals surface area contributed by atoms with Gasteiger partial charge in [-0.15, -0.1) is 0 Å². The Hall–Kier alpha value is -1.47. The van der Waals surface area contributed by atoms with Gasteiger partial charge in [0.2, 0.25) is 0 Å². The van der Waals surface area contributed by atoms with E-state index in [9.17, 15) is 4.79 Å². The number of methoxy groups -OCH3 is 1. The van der Waals surface area contributed by atoms with E-state index in [2.05, 4.69) is 27.8 Å². The zero-order valence-electron chi connectivity index (χ0n) is 8.08. The zero-order valence-corrected chi connectivity index (χ0v) is 9.67. The molecule has 0 atom stereocenters. The maximum absolute atomic E-state index is 10.3. The Kier molecular flexibility index (Phi) is 4.19. The number of carboxylic acid groups (broad SMARTS) is 1. The third-order valence-electron chi connectivity index (χ3n) is 1.63. The first-order valence-electron chi connectivity index (χ1n) is 4.17. The second kappa shape index (κ2) is 5.42. The summed E-state index contributed by atoms with van der Waals surface area (Å²) in [6.07, 6.45) is -0.167. The highest BCUT2D eigenvalue weighted by Crippen LogP contribution is 2.22. The maximum atomic E-state index is 10.3. The van der Waals surface area contributed by atoms with Gasteiger partial charge in [-0.25, -0.2) is 0 Å². The first-order chi connectivity index (χ1) is 7.13. The lowest BCUT2D eigenvalue weighted by atomic mass is 10.2. The van der Waals surface area contributed by atoms with Gasteiger partial charge in [0.05, 0.1) is 12.7 Å². The Balaban J connectivity index is 2.92. The van der Waals surface area contributed by atoms with Crippen LogP contribution in [0, 0.1) is 11.8 Å². The van der Waals surface area contributed by atoms with Gasteiger partial charge in [0, 0.05) is 4.47 Å². The summed E-state index contributed by atoms with van der Waals surface area (Å²) in [7, 11) is 1.55. The summed E-state index contributed by atoms with van der Waals surface area (Å²) in [5.74, 6) is 4.99. The van der Waals surface area contributed by atoms with Crippen LogP contribution < -0.4 is 4.74 Å². The van der Waals surface area contributed by atoms with Crippen molar-refractivity contribution in [3.05, 3.63) is 28.2 Å². The lowest BCUT2D eigenvalue weighted by Crippen LogP contribution is -1.91. The largest absolute Gasteiger partial charge is 0.495 e. The van der Waals surface area contributed by atoms with Gasteiger partial charge in [-0.2, -0.15) is 0 Å². The topological polar surface area (TPSA) is 46.5 Å². The minimum Gasteiger partial charge on any atom is -0.495 e. The number of benzene rings is 1. The molecule has 0 saturated heterocycles. The molecule has 0 saturated carbocycles. The van der Waals surface area contributed by atoms with Gasteiger partial charge in [-0.05, 0) is 18.2 Å². The maximum Gasteiger partial charge on any atom is 0.315 e. The van der Waals surface area contributed by atoms with Crippen LogP contribution in [0.3, 0.4) is 0 Å². The van der Waals surface area contributed by atoms with Gasteiger partial charge in [-0.1, -0.05) is 27.8 Å². The molecule has 0 aliphatic heterocycles. The molecule has 1 N–H and O–H groups in total. The Morgan fingerprint density at radius 1 is 1.60 bits per heavy atom. The van der Waals surface area contributed by atoms with Crippen LogP contribution in [-0.2, 0) is 4.79 Å². The Bertz CT molecular complexity index is 429. The highest BCUT2D eigenvalue weighted by molar-refractivity contribution is 9.10. The van der Waals surface area contributed by atoms with E-state index in [4.69, 9.17) is 9.84 Å². The molecule has 78 valence electrons. The molecule has 0 aliphatic rings. The van der Waals surface area contributed by atoms with E-state index < -0.39 is 5.97 Å². The molecule has 15 heavy (non-hydrogen) atoms. The summed E-state index contributed by atoms with van der Waals surface area (Å²) in [5, 5.41) is 8.42. The molecule has 1 aromatic carbocycles. The molecule has 0 unspecified atom stereocenters. The molecule has 4 heteroatoms. The van der Waals surface area contributed by atoms with Crippen molar-refractivity contribution in [2.75, 3.05) is 7.11 Å². The smallest absolute Gasteiger partial charge is 0.315 e. The van der Waals surface area contributed by atoms with Crippen LogP contribution in [0.5, 0.6) is 5.75 Å². The van der Waals surface area contributed by atoms with Crippen molar-refractivity contribution < 1.29 is 14.6 Å². The predicted octanol–water partition coefficient (Wildman–Crippen LogP) is 2.28. The molecule has 3 nitrogen and oxygen atoms in total. The molecule has 0 radical (unpaired) electrons. The van der Waals surface area contributed by atoms with E-state index in [0.717, 1.165) is 4.47 Å². The fraction of sp³-hybridized carbons (Fsp3) is 0.182. The van der Waals surface area contributed by atoms with E-state index in [-0.39, 0.29) is 6.42 Å². The lowest BCUT2D eigenvalue weighted by Gasteiger charge is -2.02. The van der Waals surface area contributed by atoms with Crippen LogP contribution in [0.25, 0.3) is 0 Å². The Morgan fingerprint density at radius 3 is 2.93 bits per heavy atom. The summed E-state index contributed by atoms with van der Waals surface area (Å²) in [5.41, 5.74) is 0.682. The van der Waals surface area contributed by atoms with E-state index in [1.807, 2.05) is 6.07 Å². The highest BCUT2D eigenvalue weighted by Gasteiger charge is 2.00. The van der Waals surface area contributed by atoms with E-state index in [1.165, 1.54) is 0 Å². The summed E-state index contributed by atoms with van der Waals surface area (Å²) >= 11 is 3.31. The van der Waals surface area contributed by atoms with Crippen LogP contribution in [0.1, 0.15) is 12.0 Å². The highest BCUT2D eigenvalue weighted by atomic mass is 79.9. The Morgan fingerprint density at radius 2 is 2.33 bits per heavy atom. The Labute approximate surface area is 96.2 Å². The van der Waals surface area contributed by atoms with Gasteiger partial charge in [0.25, 0.3) is 0 Å². The number of rotatable bonds is 2. The van der Waals surface area contributed by atoms with Gasteiger partial charge >= 0.3 is 5.97 Å². The fourth-order valence-electron chi connectivity index (χ4n) is 0.983. The molecule has 1 aromatic rings. The van der Waals surface area contributed by atoms with Crippen molar-refractivity contribution in [3.8, 4) is 17.6 Å². The molecule has 0 amide bonds. The van der Waals surface area contributed by atoms with E-state index in [0.29, 0.717) is 11.3 Å². The summed E-state index contributed by atoms with van der Waals surface area (Å²) in [6, 6.07) is 5.38. The average molecular weight is 269 g/mol. The minimum atomic E-state index is -0.932. The standard InChI is InChI=1S/C11H9BrO3/c1-15-10-7-9(12)6-5-8(10)3-2-4-11(13)14/h5-7H,4H2,1H3,(H,13,14). The predicted molar refractivity (Wildman–Crippen MR) is 59.8 cm³/mol. The summed E-state index contributed by atoms with van der Waals surface area (Å²) < 4.78 is 6.00. The molecule has 0 fully saturated rings. The van der Waals surface area contributed by atoms with Crippen LogP contribution in [-0.4, -0.2) is 18.2 Å². The summed E-state index contributed by atoms with van der Waals surface area (Å²) in [4.78, 5) is 10.3. The molecule has 0 heterocycles. The lowest BCUT2D eigenvalue weighted by molar-refractivity contribution is -0.135.